The highest BCUT2D eigenvalue weighted by Gasteiger charge is 2.00. The van der Waals surface area contributed by atoms with Crippen LogP contribution in [0.25, 0.3) is 0 Å². The Morgan fingerprint density at radius 1 is 1.47 bits per heavy atom. The molecule has 1 amide bonds. The van der Waals surface area contributed by atoms with Crippen LogP contribution in [0, 0.1) is 0 Å². The molecular weight excluding hydrogens is 192 g/mol. The summed E-state index contributed by atoms with van der Waals surface area (Å²) in [6.07, 6.45) is 1.61. The van der Waals surface area contributed by atoms with Gasteiger partial charge in [-0.1, -0.05) is 6.08 Å². The van der Waals surface area contributed by atoms with Crippen LogP contribution in [0.15, 0.2) is 36.9 Å². The Labute approximate surface area is 88.7 Å². The molecule has 0 saturated heterocycles. The molecule has 1 aromatic carbocycles. The zero-order valence-corrected chi connectivity index (χ0v) is 8.40. The third kappa shape index (κ3) is 4.17. The molecule has 0 fully saturated rings. The van der Waals surface area contributed by atoms with Gasteiger partial charge in [-0.25, -0.2) is 0 Å². The topological polar surface area (TPSA) is 64.3 Å². The van der Waals surface area contributed by atoms with Crippen LogP contribution in [-0.2, 0) is 4.79 Å². The number of benzene rings is 1. The van der Waals surface area contributed by atoms with Crippen molar-refractivity contribution >= 4 is 11.6 Å². The fraction of sp³-hybridized carbons (Fsp3) is 0.182. The second-order valence-electron chi connectivity index (χ2n) is 2.95. The summed E-state index contributed by atoms with van der Waals surface area (Å²) in [5, 5.41) is 2.61. The number of amides is 1. The summed E-state index contributed by atoms with van der Waals surface area (Å²) < 4.78 is 5.22. The van der Waals surface area contributed by atoms with Crippen LogP contribution in [0.3, 0.4) is 0 Å². The zero-order chi connectivity index (χ0) is 11.1. The number of hydrogen-bond donors (Lipinski definition) is 2. The molecule has 0 unspecified atom stereocenters. The van der Waals surface area contributed by atoms with E-state index in [1.165, 1.54) is 0 Å². The molecular formula is C11H14N2O2. The van der Waals surface area contributed by atoms with E-state index in [9.17, 15) is 4.79 Å². The number of nitrogen functional groups attached to an aromatic ring is 1. The minimum atomic E-state index is -0.174. The van der Waals surface area contributed by atoms with E-state index in [0.29, 0.717) is 18.0 Å². The van der Waals surface area contributed by atoms with Crippen LogP contribution in [0.4, 0.5) is 5.69 Å². The Bertz CT molecular complexity index is 333. The summed E-state index contributed by atoms with van der Waals surface area (Å²) in [6.45, 7) is 3.94. The van der Waals surface area contributed by atoms with E-state index in [4.69, 9.17) is 10.5 Å². The van der Waals surface area contributed by atoms with Crippen molar-refractivity contribution < 1.29 is 9.53 Å². The molecule has 0 spiro atoms. The summed E-state index contributed by atoms with van der Waals surface area (Å²) in [4.78, 5) is 11.1. The Kier molecular flexibility index (Phi) is 4.22. The first kappa shape index (κ1) is 11.1. The first-order valence-electron chi connectivity index (χ1n) is 4.58. The highest BCUT2D eigenvalue weighted by Crippen LogP contribution is 2.12. The average Bonchev–Trinajstić information content (AvgIpc) is 2.25. The van der Waals surface area contributed by atoms with Gasteiger partial charge in [0.2, 0.25) is 0 Å². The number of rotatable bonds is 5. The molecule has 3 N–H and O–H groups in total. The van der Waals surface area contributed by atoms with Gasteiger partial charge < -0.3 is 15.8 Å². The standard InChI is InChI=1S/C11H14N2O2/c1-2-7-13-11(14)8-15-10-5-3-9(12)4-6-10/h2-6H,1,7-8,12H2,(H,13,14). The van der Waals surface area contributed by atoms with E-state index in [1.807, 2.05) is 0 Å². The van der Waals surface area contributed by atoms with Gasteiger partial charge in [-0.2, -0.15) is 0 Å². The highest BCUT2D eigenvalue weighted by molar-refractivity contribution is 5.77. The second-order valence-corrected chi connectivity index (χ2v) is 2.95. The lowest BCUT2D eigenvalue weighted by Gasteiger charge is -2.05. The fourth-order valence-electron chi connectivity index (χ4n) is 0.950. The first-order chi connectivity index (χ1) is 7.22. The quantitative estimate of drug-likeness (QED) is 0.557. The lowest BCUT2D eigenvalue weighted by atomic mass is 10.3. The summed E-state index contributed by atoms with van der Waals surface area (Å²) in [6, 6.07) is 6.88. The predicted molar refractivity (Wildman–Crippen MR) is 59.6 cm³/mol. The van der Waals surface area contributed by atoms with Crippen molar-refractivity contribution in [3.63, 3.8) is 0 Å². The van der Waals surface area contributed by atoms with E-state index in [-0.39, 0.29) is 12.5 Å². The molecule has 4 nitrogen and oxygen atoms in total. The average molecular weight is 206 g/mol. The number of hydrogen-bond acceptors (Lipinski definition) is 3. The highest BCUT2D eigenvalue weighted by atomic mass is 16.5. The Hall–Kier alpha value is -1.97. The third-order valence-electron chi connectivity index (χ3n) is 1.69. The lowest BCUT2D eigenvalue weighted by Crippen LogP contribution is -2.28. The molecule has 0 aliphatic rings. The van der Waals surface area contributed by atoms with E-state index >= 15 is 0 Å². The van der Waals surface area contributed by atoms with E-state index < -0.39 is 0 Å². The minimum Gasteiger partial charge on any atom is -0.484 e. The number of nitrogens with one attached hydrogen (secondary N) is 1. The van der Waals surface area contributed by atoms with Crippen LogP contribution in [0.5, 0.6) is 5.75 Å². The normalized spacial score (nSPS) is 9.33. The van der Waals surface area contributed by atoms with Crippen LogP contribution in [0.1, 0.15) is 0 Å². The predicted octanol–water partition coefficient (Wildman–Crippen LogP) is 0.950. The minimum absolute atomic E-state index is 0.00222. The van der Waals surface area contributed by atoms with Gasteiger partial charge in [0.25, 0.3) is 5.91 Å². The number of ether oxygens (including phenoxy) is 1. The maximum atomic E-state index is 11.1. The maximum absolute atomic E-state index is 11.1. The molecule has 0 atom stereocenters. The van der Waals surface area contributed by atoms with Crippen molar-refractivity contribution in [1.82, 2.24) is 5.32 Å². The van der Waals surface area contributed by atoms with Gasteiger partial charge in [-0.05, 0) is 24.3 Å². The van der Waals surface area contributed by atoms with Gasteiger partial charge >= 0.3 is 0 Å². The first-order valence-corrected chi connectivity index (χ1v) is 4.58. The Balaban J connectivity index is 2.33. The number of carbonyl (C=O) groups is 1. The monoisotopic (exact) mass is 206 g/mol. The molecule has 1 aromatic rings. The van der Waals surface area contributed by atoms with Gasteiger partial charge in [-0.3, -0.25) is 4.79 Å². The largest absolute Gasteiger partial charge is 0.484 e. The smallest absolute Gasteiger partial charge is 0.258 e. The van der Waals surface area contributed by atoms with Crippen molar-refractivity contribution in [2.75, 3.05) is 18.9 Å². The molecule has 0 heterocycles. The van der Waals surface area contributed by atoms with Crippen LogP contribution >= 0.6 is 0 Å². The molecule has 0 radical (unpaired) electrons. The molecule has 0 saturated carbocycles. The van der Waals surface area contributed by atoms with E-state index in [0.717, 1.165) is 0 Å². The van der Waals surface area contributed by atoms with Crippen molar-refractivity contribution in [2.45, 2.75) is 0 Å². The third-order valence-corrected chi connectivity index (χ3v) is 1.69. The second kappa shape index (κ2) is 5.70. The molecule has 0 aliphatic carbocycles. The van der Waals surface area contributed by atoms with Crippen molar-refractivity contribution in [3.8, 4) is 5.75 Å². The molecule has 15 heavy (non-hydrogen) atoms. The summed E-state index contributed by atoms with van der Waals surface area (Å²) in [7, 11) is 0. The molecule has 4 heteroatoms. The number of anilines is 1. The summed E-state index contributed by atoms with van der Waals surface area (Å²) in [5.74, 6) is 0.449. The Morgan fingerprint density at radius 2 is 2.13 bits per heavy atom. The van der Waals surface area contributed by atoms with Crippen molar-refractivity contribution in [2.24, 2.45) is 0 Å². The fourth-order valence-corrected chi connectivity index (χ4v) is 0.950. The van der Waals surface area contributed by atoms with Crippen LogP contribution < -0.4 is 15.8 Å². The molecule has 80 valence electrons. The van der Waals surface area contributed by atoms with Gasteiger partial charge in [-0.15, -0.1) is 6.58 Å². The number of carbonyl (C=O) groups excluding carboxylic acids is 1. The van der Waals surface area contributed by atoms with Crippen LogP contribution in [0.2, 0.25) is 0 Å². The number of nitrogens with two attached hydrogens (primary N) is 1. The molecule has 0 aromatic heterocycles. The molecule has 0 aliphatic heterocycles. The summed E-state index contributed by atoms with van der Waals surface area (Å²) in [5.41, 5.74) is 6.17. The SMILES string of the molecule is C=CCNC(=O)COc1ccc(N)cc1. The Morgan fingerprint density at radius 3 is 2.73 bits per heavy atom. The zero-order valence-electron chi connectivity index (χ0n) is 8.40. The molecule has 1 rings (SSSR count). The summed E-state index contributed by atoms with van der Waals surface area (Å²) >= 11 is 0. The lowest BCUT2D eigenvalue weighted by molar-refractivity contribution is -0.122. The van der Waals surface area contributed by atoms with Crippen LogP contribution in [-0.4, -0.2) is 19.1 Å². The van der Waals surface area contributed by atoms with Gasteiger partial charge in [0.1, 0.15) is 5.75 Å². The van der Waals surface area contributed by atoms with Gasteiger partial charge in [0.05, 0.1) is 0 Å². The van der Waals surface area contributed by atoms with E-state index in [1.54, 1.807) is 30.3 Å². The van der Waals surface area contributed by atoms with Gasteiger partial charge in [0.15, 0.2) is 6.61 Å². The maximum Gasteiger partial charge on any atom is 0.258 e. The van der Waals surface area contributed by atoms with Crippen molar-refractivity contribution in [3.05, 3.63) is 36.9 Å². The molecule has 0 bridgehead atoms. The van der Waals surface area contributed by atoms with Crippen molar-refractivity contribution in [1.29, 1.82) is 0 Å². The van der Waals surface area contributed by atoms with E-state index in [2.05, 4.69) is 11.9 Å². The van der Waals surface area contributed by atoms with Gasteiger partial charge in [0, 0.05) is 12.2 Å².